The third-order valence-corrected chi connectivity index (χ3v) is 3.11. The van der Waals surface area contributed by atoms with Gasteiger partial charge in [-0.15, -0.1) is 6.58 Å². The molecule has 7 heteroatoms. The summed E-state index contributed by atoms with van der Waals surface area (Å²) >= 11 is 0. The molecule has 1 saturated heterocycles. The highest BCUT2D eigenvalue weighted by Crippen LogP contribution is 2.22. The topological polar surface area (TPSA) is 122 Å². The number of nitrogens with zero attached hydrogens (tertiary/aromatic N) is 2. The first-order chi connectivity index (χ1) is 8.95. The van der Waals surface area contributed by atoms with Gasteiger partial charge in [-0.05, 0) is 12.8 Å². The molecule has 106 valence electrons. The first-order valence-electron chi connectivity index (χ1n) is 6.16. The fourth-order valence-corrected chi connectivity index (χ4v) is 2.12. The molecule has 0 spiro atoms. The molecular weight excluding hydrogens is 248 g/mol. The molecule has 2 unspecified atom stereocenters. The van der Waals surface area contributed by atoms with E-state index in [1.807, 2.05) is 0 Å². The van der Waals surface area contributed by atoms with Crippen molar-refractivity contribution in [3.63, 3.8) is 0 Å². The van der Waals surface area contributed by atoms with Gasteiger partial charge in [0.15, 0.2) is 5.96 Å². The van der Waals surface area contributed by atoms with Gasteiger partial charge in [-0.25, -0.2) is 4.79 Å². The van der Waals surface area contributed by atoms with E-state index < -0.39 is 12.0 Å². The summed E-state index contributed by atoms with van der Waals surface area (Å²) in [6, 6.07) is -0.813. The van der Waals surface area contributed by atoms with Gasteiger partial charge in [0, 0.05) is 25.4 Å². The van der Waals surface area contributed by atoms with Crippen LogP contribution in [0.5, 0.6) is 0 Å². The molecule has 1 fully saturated rings. The highest BCUT2D eigenvalue weighted by molar-refractivity contribution is 5.85. The minimum absolute atomic E-state index is 0.0177. The Morgan fingerprint density at radius 1 is 1.63 bits per heavy atom. The van der Waals surface area contributed by atoms with Gasteiger partial charge in [0.2, 0.25) is 5.91 Å². The number of carbonyl (C=O) groups excluding carboxylic acids is 1. The number of carboxylic acid groups (broad SMARTS) is 1. The molecular formula is C12H20N4O3. The molecule has 0 aromatic heterocycles. The molecule has 1 heterocycles. The first kappa shape index (κ1) is 15.0. The summed E-state index contributed by atoms with van der Waals surface area (Å²) in [4.78, 5) is 28.2. The number of nitrogens with two attached hydrogens (primary N) is 2. The zero-order valence-electron chi connectivity index (χ0n) is 10.8. The first-order valence-corrected chi connectivity index (χ1v) is 6.16. The van der Waals surface area contributed by atoms with Gasteiger partial charge in [0.1, 0.15) is 6.04 Å². The summed E-state index contributed by atoms with van der Waals surface area (Å²) in [6.45, 7) is 4.42. The second kappa shape index (κ2) is 6.77. The Hall–Kier alpha value is -2.05. The maximum atomic E-state index is 11.8. The van der Waals surface area contributed by atoms with Crippen LogP contribution in [0.2, 0.25) is 0 Å². The van der Waals surface area contributed by atoms with Crippen LogP contribution >= 0.6 is 0 Å². The van der Waals surface area contributed by atoms with E-state index in [1.165, 1.54) is 4.90 Å². The number of carboxylic acids is 1. The summed E-state index contributed by atoms with van der Waals surface area (Å²) in [6.07, 6.45) is 2.87. The molecule has 1 aliphatic rings. The van der Waals surface area contributed by atoms with Gasteiger partial charge in [-0.2, -0.15) is 0 Å². The maximum Gasteiger partial charge on any atom is 0.326 e. The summed E-state index contributed by atoms with van der Waals surface area (Å²) < 4.78 is 0. The normalized spacial score (nSPS) is 20.1. The fourth-order valence-electron chi connectivity index (χ4n) is 2.12. The smallest absolute Gasteiger partial charge is 0.326 e. The Labute approximate surface area is 112 Å². The standard InChI is InChI=1S/C12H20N4O3/c1-2-8-6-10(17)16(7-8)9(11(18)19)4-3-5-15-12(13)14/h2,8-9H,1,3-7H2,(H,18,19)(H4,13,14,15). The van der Waals surface area contributed by atoms with E-state index in [-0.39, 0.29) is 17.8 Å². The summed E-state index contributed by atoms with van der Waals surface area (Å²) in [5.41, 5.74) is 10.4. The van der Waals surface area contributed by atoms with E-state index in [4.69, 9.17) is 11.5 Å². The Bertz CT molecular complexity index is 390. The van der Waals surface area contributed by atoms with Gasteiger partial charge >= 0.3 is 5.97 Å². The number of hydrogen-bond donors (Lipinski definition) is 3. The van der Waals surface area contributed by atoms with Crippen molar-refractivity contribution in [1.29, 1.82) is 0 Å². The van der Waals surface area contributed by atoms with Crippen molar-refractivity contribution >= 4 is 17.8 Å². The van der Waals surface area contributed by atoms with Crippen molar-refractivity contribution in [3.8, 4) is 0 Å². The second-order valence-electron chi connectivity index (χ2n) is 4.55. The number of hydrogen-bond acceptors (Lipinski definition) is 3. The lowest BCUT2D eigenvalue weighted by Gasteiger charge is -2.24. The molecule has 0 aliphatic carbocycles. The predicted molar refractivity (Wildman–Crippen MR) is 71.4 cm³/mol. The zero-order chi connectivity index (χ0) is 14.4. The Balaban J connectivity index is 2.58. The van der Waals surface area contributed by atoms with E-state index in [0.717, 1.165) is 0 Å². The van der Waals surface area contributed by atoms with Crippen molar-refractivity contribution in [2.24, 2.45) is 22.4 Å². The quantitative estimate of drug-likeness (QED) is 0.249. The van der Waals surface area contributed by atoms with E-state index in [0.29, 0.717) is 32.4 Å². The van der Waals surface area contributed by atoms with Gasteiger partial charge in [0.05, 0.1) is 0 Å². The Morgan fingerprint density at radius 3 is 2.79 bits per heavy atom. The van der Waals surface area contributed by atoms with E-state index in [1.54, 1.807) is 6.08 Å². The van der Waals surface area contributed by atoms with Crippen LogP contribution in [0.4, 0.5) is 0 Å². The van der Waals surface area contributed by atoms with Crippen LogP contribution in [-0.4, -0.2) is 47.0 Å². The molecule has 0 aromatic carbocycles. The van der Waals surface area contributed by atoms with Crippen LogP contribution in [0, 0.1) is 5.92 Å². The molecule has 19 heavy (non-hydrogen) atoms. The van der Waals surface area contributed by atoms with E-state index in [9.17, 15) is 14.7 Å². The Morgan fingerprint density at radius 2 is 2.32 bits per heavy atom. The van der Waals surface area contributed by atoms with Crippen molar-refractivity contribution < 1.29 is 14.7 Å². The number of aliphatic imine (C=N–C) groups is 1. The lowest BCUT2D eigenvalue weighted by molar-refractivity contribution is -0.148. The molecule has 0 saturated carbocycles. The SMILES string of the molecule is C=CC1CC(=O)N(C(CCCN=C(N)N)C(=O)O)C1. The minimum atomic E-state index is -0.997. The monoisotopic (exact) mass is 268 g/mol. The van der Waals surface area contributed by atoms with Crippen molar-refractivity contribution in [2.45, 2.75) is 25.3 Å². The number of guanidine groups is 1. The molecule has 0 aromatic rings. The average Bonchev–Trinajstić information content (AvgIpc) is 2.69. The lowest BCUT2D eigenvalue weighted by atomic mass is 10.1. The van der Waals surface area contributed by atoms with Crippen molar-refractivity contribution in [3.05, 3.63) is 12.7 Å². The number of aliphatic carboxylic acids is 1. The van der Waals surface area contributed by atoms with Crippen molar-refractivity contribution in [1.82, 2.24) is 4.90 Å². The third kappa shape index (κ3) is 4.27. The van der Waals surface area contributed by atoms with Gasteiger partial charge in [-0.3, -0.25) is 9.79 Å². The lowest BCUT2D eigenvalue weighted by Crippen LogP contribution is -2.42. The van der Waals surface area contributed by atoms with Crippen LogP contribution in [-0.2, 0) is 9.59 Å². The molecule has 5 N–H and O–H groups in total. The number of carbonyl (C=O) groups is 2. The second-order valence-corrected chi connectivity index (χ2v) is 4.55. The van der Waals surface area contributed by atoms with Gasteiger partial charge < -0.3 is 21.5 Å². The maximum absolute atomic E-state index is 11.8. The van der Waals surface area contributed by atoms with Gasteiger partial charge in [0.25, 0.3) is 0 Å². The van der Waals surface area contributed by atoms with Crippen LogP contribution in [0.25, 0.3) is 0 Å². The van der Waals surface area contributed by atoms with Crippen molar-refractivity contribution in [2.75, 3.05) is 13.1 Å². The predicted octanol–water partition coefficient (Wildman–Crippen LogP) is -0.472. The minimum Gasteiger partial charge on any atom is -0.480 e. The molecule has 1 amide bonds. The summed E-state index contributed by atoms with van der Waals surface area (Å²) in [5.74, 6) is -1.12. The molecule has 2 atom stereocenters. The molecule has 1 rings (SSSR count). The Kier molecular flexibility index (Phi) is 5.35. The highest BCUT2D eigenvalue weighted by atomic mass is 16.4. The molecule has 1 aliphatic heterocycles. The van der Waals surface area contributed by atoms with Gasteiger partial charge in [-0.1, -0.05) is 6.08 Å². The number of amides is 1. The molecule has 0 bridgehead atoms. The summed E-state index contributed by atoms with van der Waals surface area (Å²) in [7, 11) is 0. The fraction of sp³-hybridized carbons (Fsp3) is 0.583. The van der Waals surface area contributed by atoms with E-state index >= 15 is 0 Å². The number of rotatable bonds is 7. The van der Waals surface area contributed by atoms with Crippen LogP contribution in [0.3, 0.4) is 0 Å². The number of likely N-dealkylation sites (tertiary alicyclic amines) is 1. The largest absolute Gasteiger partial charge is 0.480 e. The van der Waals surface area contributed by atoms with Crippen LogP contribution < -0.4 is 11.5 Å². The summed E-state index contributed by atoms with van der Waals surface area (Å²) in [5, 5.41) is 9.21. The molecule has 7 nitrogen and oxygen atoms in total. The highest BCUT2D eigenvalue weighted by Gasteiger charge is 2.36. The third-order valence-electron chi connectivity index (χ3n) is 3.11. The van der Waals surface area contributed by atoms with E-state index in [2.05, 4.69) is 11.6 Å². The zero-order valence-corrected chi connectivity index (χ0v) is 10.8. The van der Waals surface area contributed by atoms with Crippen LogP contribution in [0.1, 0.15) is 19.3 Å². The molecule has 0 radical (unpaired) electrons. The average molecular weight is 268 g/mol. The van der Waals surface area contributed by atoms with Crippen LogP contribution in [0.15, 0.2) is 17.6 Å².